The molecule has 0 aliphatic heterocycles. The van der Waals surface area contributed by atoms with Crippen LogP contribution in [-0.2, 0) is 4.79 Å². The molecule has 0 fully saturated rings. The zero-order chi connectivity index (χ0) is 13.2. The Labute approximate surface area is 111 Å². The van der Waals surface area contributed by atoms with Gasteiger partial charge in [-0.05, 0) is 38.5 Å². The lowest BCUT2D eigenvalue weighted by molar-refractivity contribution is -0.125. The van der Waals surface area contributed by atoms with Gasteiger partial charge in [0, 0.05) is 23.8 Å². The number of aryl methyl sites for hydroxylation is 1. The van der Waals surface area contributed by atoms with Gasteiger partial charge in [0.15, 0.2) is 0 Å². The highest BCUT2D eigenvalue weighted by atomic mass is 79.9. The fraction of sp³-hybridized carbons (Fsp3) is 0.462. The number of hydrogen-bond donors (Lipinski definition) is 1. The van der Waals surface area contributed by atoms with Crippen molar-refractivity contribution in [2.24, 2.45) is 11.1 Å². The number of amides is 1. The Morgan fingerprint density at radius 3 is 2.59 bits per heavy atom. The van der Waals surface area contributed by atoms with Crippen LogP contribution < -0.4 is 10.6 Å². The smallest absolute Gasteiger partial charge is 0.233 e. The molecule has 1 amide bonds. The molecule has 0 radical (unpaired) electrons. The van der Waals surface area contributed by atoms with Crippen LogP contribution in [0.5, 0.6) is 0 Å². The van der Waals surface area contributed by atoms with Crippen molar-refractivity contribution >= 4 is 27.5 Å². The minimum absolute atomic E-state index is 0.0289. The third kappa shape index (κ3) is 3.07. The van der Waals surface area contributed by atoms with Crippen LogP contribution in [0.2, 0.25) is 0 Å². The lowest BCUT2D eigenvalue weighted by Gasteiger charge is -2.29. The maximum atomic E-state index is 12.3. The average molecular weight is 299 g/mol. The standard InChI is InChI=1S/C13H19BrN2O/c1-9-5-6-10(14)7-11(9)16(4)12(17)13(2,3)8-15/h5-7H,8,15H2,1-4H3. The van der Waals surface area contributed by atoms with Gasteiger partial charge in [0.2, 0.25) is 5.91 Å². The Hall–Kier alpha value is -0.870. The third-order valence-corrected chi connectivity index (χ3v) is 3.42. The number of benzene rings is 1. The summed E-state index contributed by atoms with van der Waals surface area (Å²) in [5.41, 5.74) is 7.07. The molecule has 0 saturated carbocycles. The van der Waals surface area contributed by atoms with Crippen molar-refractivity contribution in [3.63, 3.8) is 0 Å². The largest absolute Gasteiger partial charge is 0.329 e. The van der Waals surface area contributed by atoms with Crippen molar-refractivity contribution in [3.8, 4) is 0 Å². The average Bonchev–Trinajstić information content (AvgIpc) is 2.30. The molecule has 1 rings (SSSR count). The number of nitrogens with two attached hydrogens (primary N) is 1. The molecule has 0 aliphatic carbocycles. The number of carbonyl (C=O) groups is 1. The first kappa shape index (κ1) is 14.2. The quantitative estimate of drug-likeness (QED) is 0.933. The Balaban J connectivity index is 3.08. The Morgan fingerprint density at radius 1 is 1.47 bits per heavy atom. The molecule has 4 heteroatoms. The molecule has 17 heavy (non-hydrogen) atoms. The first-order chi connectivity index (χ1) is 7.79. The third-order valence-electron chi connectivity index (χ3n) is 2.93. The van der Waals surface area contributed by atoms with Crippen LogP contribution in [0.15, 0.2) is 22.7 Å². The van der Waals surface area contributed by atoms with Gasteiger partial charge < -0.3 is 10.6 Å². The lowest BCUT2D eigenvalue weighted by Crippen LogP contribution is -2.43. The van der Waals surface area contributed by atoms with E-state index in [4.69, 9.17) is 5.73 Å². The number of anilines is 1. The monoisotopic (exact) mass is 298 g/mol. The predicted octanol–water partition coefficient (Wildman–Crippen LogP) is 2.71. The summed E-state index contributed by atoms with van der Waals surface area (Å²) in [5, 5.41) is 0. The maximum absolute atomic E-state index is 12.3. The van der Waals surface area contributed by atoms with E-state index in [2.05, 4.69) is 15.9 Å². The number of nitrogens with zero attached hydrogens (tertiary/aromatic N) is 1. The summed E-state index contributed by atoms with van der Waals surface area (Å²) in [7, 11) is 1.79. The molecule has 0 unspecified atom stereocenters. The van der Waals surface area contributed by atoms with Gasteiger partial charge in [0.25, 0.3) is 0 Å². The van der Waals surface area contributed by atoms with Crippen LogP contribution in [0.4, 0.5) is 5.69 Å². The SMILES string of the molecule is Cc1ccc(Br)cc1N(C)C(=O)C(C)(C)CN. The molecule has 0 spiro atoms. The number of halogens is 1. The van der Waals surface area contributed by atoms with E-state index in [1.807, 2.05) is 39.0 Å². The van der Waals surface area contributed by atoms with Gasteiger partial charge in [0.1, 0.15) is 0 Å². The number of rotatable bonds is 3. The second-order valence-electron chi connectivity index (χ2n) is 4.88. The lowest BCUT2D eigenvalue weighted by atomic mass is 9.91. The molecule has 0 aromatic heterocycles. The summed E-state index contributed by atoms with van der Waals surface area (Å²) < 4.78 is 0.961. The van der Waals surface area contributed by atoms with Gasteiger partial charge in [-0.1, -0.05) is 22.0 Å². The van der Waals surface area contributed by atoms with E-state index in [-0.39, 0.29) is 5.91 Å². The first-order valence-electron chi connectivity index (χ1n) is 5.54. The van der Waals surface area contributed by atoms with E-state index in [0.717, 1.165) is 15.7 Å². The molecule has 1 aromatic rings. The molecular formula is C13H19BrN2O. The van der Waals surface area contributed by atoms with Crippen molar-refractivity contribution in [1.29, 1.82) is 0 Å². The van der Waals surface area contributed by atoms with Crippen molar-refractivity contribution in [1.82, 2.24) is 0 Å². The minimum atomic E-state index is -0.538. The van der Waals surface area contributed by atoms with Crippen LogP contribution in [0.1, 0.15) is 19.4 Å². The van der Waals surface area contributed by atoms with Crippen LogP contribution >= 0.6 is 15.9 Å². The van der Waals surface area contributed by atoms with Crippen LogP contribution in [0.25, 0.3) is 0 Å². The predicted molar refractivity (Wildman–Crippen MR) is 75.1 cm³/mol. The highest BCUT2D eigenvalue weighted by Gasteiger charge is 2.30. The highest BCUT2D eigenvalue weighted by Crippen LogP contribution is 2.27. The molecule has 1 aromatic carbocycles. The van der Waals surface area contributed by atoms with Crippen LogP contribution in [-0.4, -0.2) is 19.5 Å². The molecule has 0 aliphatic rings. The van der Waals surface area contributed by atoms with Gasteiger partial charge in [-0.2, -0.15) is 0 Å². The van der Waals surface area contributed by atoms with Crippen molar-refractivity contribution in [2.45, 2.75) is 20.8 Å². The van der Waals surface area contributed by atoms with Gasteiger partial charge in [-0.15, -0.1) is 0 Å². The minimum Gasteiger partial charge on any atom is -0.329 e. The Bertz CT molecular complexity index is 429. The topological polar surface area (TPSA) is 46.3 Å². The second kappa shape index (κ2) is 5.19. The van der Waals surface area contributed by atoms with Crippen molar-refractivity contribution in [3.05, 3.63) is 28.2 Å². The molecular weight excluding hydrogens is 280 g/mol. The van der Waals surface area contributed by atoms with Crippen molar-refractivity contribution in [2.75, 3.05) is 18.5 Å². The van der Waals surface area contributed by atoms with E-state index in [1.165, 1.54) is 0 Å². The summed E-state index contributed by atoms with van der Waals surface area (Å²) in [6, 6.07) is 5.89. The van der Waals surface area contributed by atoms with Crippen molar-refractivity contribution < 1.29 is 4.79 Å². The highest BCUT2D eigenvalue weighted by molar-refractivity contribution is 9.10. The zero-order valence-corrected chi connectivity index (χ0v) is 12.3. The summed E-state index contributed by atoms with van der Waals surface area (Å²) in [6.45, 7) is 6.04. The van der Waals surface area contributed by atoms with E-state index in [9.17, 15) is 4.79 Å². The Morgan fingerprint density at radius 2 is 2.06 bits per heavy atom. The molecule has 0 heterocycles. The van der Waals surface area contributed by atoms with E-state index in [1.54, 1.807) is 11.9 Å². The van der Waals surface area contributed by atoms with E-state index in [0.29, 0.717) is 6.54 Å². The molecule has 0 atom stereocenters. The van der Waals surface area contributed by atoms with Gasteiger partial charge >= 0.3 is 0 Å². The van der Waals surface area contributed by atoms with Crippen LogP contribution in [0, 0.1) is 12.3 Å². The molecule has 2 N–H and O–H groups in total. The molecule has 3 nitrogen and oxygen atoms in total. The summed E-state index contributed by atoms with van der Waals surface area (Å²) in [6.07, 6.45) is 0. The van der Waals surface area contributed by atoms with Crippen LogP contribution in [0.3, 0.4) is 0 Å². The normalized spacial score (nSPS) is 11.4. The summed E-state index contributed by atoms with van der Waals surface area (Å²) in [4.78, 5) is 14.0. The van der Waals surface area contributed by atoms with Gasteiger partial charge in [-0.25, -0.2) is 0 Å². The molecule has 0 bridgehead atoms. The maximum Gasteiger partial charge on any atom is 0.233 e. The first-order valence-corrected chi connectivity index (χ1v) is 6.33. The summed E-state index contributed by atoms with van der Waals surface area (Å²) in [5.74, 6) is 0.0289. The number of carbonyl (C=O) groups excluding carboxylic acids is 1. The molecule has 94 valence electrons. The second-order valence-corrected chi connectivity index (χ2v) is 5.80. The Kier molecular flexibility index (Phi) is 4.33. The molecule has 0 saturated heterocycles. The fourth-order valence-corrected chi connectivity index (χ4v) is 1.94. The number of hydrogen-bond acceptors (Lipinski definition) is 2. The van der Waals surface area contributed by atoms with E-state index < -0.39 is 5.41 Å². The van der Waals surface area contributed by atoms with Gasteiger partial charge in [0.05, 0.1) is 5.41 Å². The van der Waals surface area contributed by atoms with E-state index >= 15 is 0 Å². The van der Waals surface area contributed by atoms with Gasteiger partial charge in [-0.3, -0.25) is 4.79 Å². The summed E-state index contributed by atoms with van der Waals surface area (Å²) >= 11 is 3.42. The fourth-order valence-electron chi connectivity index (χ4n) is 1.59. The zero-order valence-electron chi connectivity index (χ0n) is 10.7.